The number of pyridine rings is 1. The zero-order valence-corrected chi connectivity index (χ0v) is 15.7. The second kappa shape index (κ2) is 7.42. The van der Waals surface area contributed by atoms with E-state index in [0.29, 0.717) is 17.5 Å². The molecule has 0 aliphatic heterocycles. The van der Waals surface area contributed by atoms with Gasteiger partial charge in [-0.15, -0.1) is 0 Å². The van der Waals surface area contributed by atoms with Crippen LogP contribution in [-0.4, -0.2) is 15.0 Å². The maximum Gasteiger partial charge on any atom is 0.451 e. The van der Waals surface area contributed by atoms with Crippen LogP contribution in [0.1, 0.15) is 11.5 Å². The van der Waals surface area contributed by atoms with Crippen LogP contribution in [0.3, 0.4) is 0 Å². The summed E-state index contributed by atoms with van der Waals surface area (Å²) in [5, 5.41) is 0.0980. The highest BCUT2D eigenvalue weighted by molar-refractivity contribution is 6.35. The summed E-state index contributed by atoms with van der Waals surface area (Å²) in [7, 11) is 0. The van der Waals surface area contributed by atoms with Gasteiger partial charge >= 0.3 is 6.18 Å². The van der Waals surface area contributed by atoms with E-state index in [9.17, 15) is 13.2 Å². The van der Waals surface area contributed by atoms with Crippen molar-refractivity contribution in [2.24, 2.45) is 5.73 Å². The van der Waals surface area contributed by atoms with E-state index in [2.05, 4.69) is 15.0 Å². The molecule has 0 amide bonds. The number of halogens is 4. The molecule has 0 radical (unpaired) electrons. The van der Waals surface area contributed by atoms with Crippen LogP contribution in [0.5, 0.6) is 0 Å². The summed E-state index contributed by atoms with van der Waals surface area (Å²) in [4.78, 5) is 11.5. The average Bonchev–Trinajstić information content (AvgIpc) is 2.73. The standard InChI is InChI=1S/C21H14ClF3N4/c22-19-18-16(28-20(29-19)21(23,24)25)9-8-15(13-6-7-14(10-26)27-11-13)17(18)12-4-2-1-3-5-12/h1-9,11H,10,26H2. The number of rotatable bonds is 3. The first-order valence-corrected chi connectivity index (χ1v) is 9.04. The van der Waals surface area contributed by atoms with Crippen LogP contribution in [0.4, 0.5) is 13.2 Å². The van der Waals surface area contributed by atoms with Gasteiger partial charge in [0.05, 0.1) is 11.2 Å². The fourth-order valence-electron chi connectivity index (χ4n) is 3.16. The zero-order chi connectivity index (χ0) is 20.6. The summed E-state index contributed by atoms with van der Waals surface area (Å²) in [6.45, 7) is 0.309. The first kappa shape index (κ1) is 19.3. The van der Waals surface area contributed by atoms with Gasteiger partial charge in [0.1, 0.15) is 5.15 Å². The molecule has 4 aromatic rings. The molecule has 0 aliphatic carbocycles. The molecular formula is C21H14ClF3N4. The molecule has 146 valence electrons. The van der Waals surface area contributed by atoms with Gasteiger partial charge in [0.2, 0.25) is 5.82 Å². The zero-order valence-electron chi connectivity index (χ0n) is 14.9. The molecule has 2 aromatic heterocycles. The van der Waals surface area contributed by atoms with Gasteiger partial charge in [0, 0.05) is 29.3 Å². The van der Waals surface area contributed by atoms with Crippen molar-refractivity contribution >= 4 is 22.5 Å². The van der Waals surface area contributed by atoms with Crippen LogP contribution in [0.2, 0.25) is 5.15 Å². The molecule has 0 aliphatic rings. The number of nitrogens with zero attached hydrogens (tertiary/aromatic N) is 3. The van der Waals surface area contributed by atoms with E-state index in [0.717, 1.165) is 22.4 Å². The predicted molar refractivity (Wildman–Crippen MR) is 106 cm³/mol. The van der Waals surface area contributed by atoms with Crippen molar-refractivity contribution in [1.82, 2.24) is 15.0 Å². The molecule has 2 N–H and O–H groups in total. The molecule has 2 heterocycles. The van der Waals surface area contributed by atoms with Crippen molar-refractivity contribution in [1.29, 1.82) is 0 Å². The fourth-order valence-corrected chi connectivity index (χ4v) is 3.43. The van der Waals surface area contributed by atoms with E-state index in [4.69, 9.17) is 17.3 Å². The van der Waals surface area contributed by atoms with E-state index in [1.807, 2.05) is 36.4 Å². The monoisotopic (exact) mass is 414 g/mol. The molecule has 4 nitrogen and oxygen atoms in total. The van der Waals surface area contributed by atoms with Crippen molar-refractivity contribution in [2.45, 2.75) is 12.7 Å². The van der Waals surface area contributed by atoms with Crippen molar-refractivity contribution in [3.05, 3.63) is 77.5 Å². The third kappa shape index (κ3) is 3.66. The SMILES string of the molecule is NCc1ccc(-c2ccc3nc(C(F)(F)F)nc(Cl)c3c2-c2ccccc2)cn1. The van der Waals surface area contributed by atoms with Gasteiger partial charge in [-0.1, -0.05) is 54.1 Å². The smallest absolute Gasteiger partial charge is 0.325 e. The second-order valence-corrected chi connectivity index (χ2v) is 6.68. The van der Waals surface area contributed by atoms with E-state index in [-0.39, 0.29) is 10.7 Å². The number of hydrogen-bond donors (Lipinski definition) is 1. The van der Waals surface area contributed by atoms with Gasteiger partial charge < -0.3 is 5.73 Å². The molecule has 4 rings (SSSR count). The topological polar surface area (TPSA) is 64.7 Å². The van der Waals surface area contributed by atoms with Crippen molar-refractivity contribution in [3.8, 4) is 22.3 Å². The summed E-state index contributed by atoms with van der Waals surface area (Å²) < 4.78 is 39.4. The van der Waals surface area contributed by atoms with Crippen LogP contribution in [0.15, 0.2) is 60.8 Å². The van der Waals surface area contributed by atoms with Crippen LogP contribution in [0.25, 0.3) is 33.2 Å². The lowest BCUT2D eigenvalue weighted by Crippen LogP contribution is -2.11. The lowest BCUT2D eigenvalue weighted by Gasteiger charge is -2.16. The number of alkyl halides is 3. The maximum atomic E-state index is 13.1. The Bertz CT molecular complexity index is 1180. The van der Waals surface area contributed by atoms with Crippen LogP contribution >= 0.6 is 11.6 Å². The minimum Gasteiger partial charge on any atom is -0.325 e. The van der Waals surface area contributed by atoms with Crippen molar-refractivity contribution in [2.75, 3.05) is 0 Å². The molecule has 0 atom stereocenters. The Balaban J connectivity index is 2.05. The van der Waals surface area contributed by atoms with Gasteiger partial charge in [0.25, 0.3) is 0 Å². The first-order valence-electron chi connectivity index (χ1n) is 8.66. The summed E-state index contributed by atoms with van der Waals surface area (Å²) >= 11 is 6.25. The summed E-state index contributed by atoms with van der Waals surface area (Å²) in [5.74, 6) is -1.27. The van der Waals surface area contributed by atoms with Crippen LogP contribution in [0, 0.1) is 0 Å². The summed E-state index contributed by atoms with van der Waals surface area (Å²) in [6.07, 6.45) is -3.01. The number of fused-ring (bicyclic) bond motifs is 1. The Kier molecular flexibility index (Phi) is 4.94. The Hall–Kier alpha value is -3.03. The number of nitrogens with two attached hydrogens (primary N) is 1. The Morgan fingerprint density at radius 2 is 1.66 bits per heavy atom. The molecule has 0 spiro atoms. The Morgan fingerprint density at radius 1 is 0.897 bits per heavy atom. The minimum absolute atomic E-state index is 0.117. The van der Waals surface area contributed by atoms with Crippen LogP contribution in [-0.2, 0) is 12.7 Å². The van der Waals surface area contributed by atoms with Gasteiger partial charge in [-0.2, -0.15) is 13.2 Å². The van der Waals surface area contributed by atoms with Crippen molar-refractivity contribution < 1.29 is 13.2 Å². The number of hydrogen-bond acceptors (Lipinski definition) is 4. The second-order valence-electron chi connectivity index (χ2n) is 6.33. The molecule has 2 aromatic carbocycles. The largest absolute Gasteiger partial charge is 0.451 e. The van der Waals surface area contributed by atoms with Gasteiger partial charge in [-0.05, 0) is 23.3 Å². The van der Waals surface area contributed by atoms with Crippen LogP contribution < -0.4 is 5.73 Å². The highest BCUT2D eigenvalue weighted by Gasteiger charge is 2.35. The Morgan fingerprint density at radius 3 is 2.28 bits per heavy atom. The number of benzene rings is 2. The predicted octanol–water partition coefficient (Wildman–Crippen LogP) is 5.49. The maximum absolute atomic E-state index is 13.1. The highest BCUT2D eigenvalue weighted by Crippen LogP contribution is 2.41. The summed E-state index contributed by atoms with van der Waals surface area (Å²) in [5.41, 5.74) is 9.41. The van der Waals surface area contributed by atoms with Gasteiger partial charge in [-0.3, -0.25) is 4.98 Å². The molecule has 8 heteroatoms. The normalized spacial score (nSPS) is 11.8. The van der Waals surface area contributed by atoms with E-state index in [1.165, 1.54) is 6.07 Å². The molecular weight excluding hydrogens is 401 g/mol. The van der Waals surface area contributed by atoms with Gasteiger partial charge in [0.15, 0.2) is 0 Å². The van der Waals surface area contributed by atoms with E-state index in [1.54, 1.807) is 18.3 Å². The Labute approximate surface area is 169 Å². The highest BCUT2D eigenvalue weighted by atomic mass is 35.5. The number of aromatic nitrogens is 3. The third-order valence-corrected chi connectivity index (χ3v) is 4.75. The third-order valence-electron chi connectivity index (χ3n) is 4.48. The van der Waals surface area contributed by atoms with E-state index >= 15 is 0 Å². The summed E-state index contributed by atoms with van der Waals surface area (Å²) in [6, 6.07) is 16.1. The van der Waals surface area contributed by atoms with E-state index < -0.39 is 12.0 Å². The quantitative estimate of drug-likeness (QED) is 0.450. The average molecular weight is 415 g/mol. The minimum atomic E-state index is -4.69. The molecule has 0 saturated heterocycles. The lowest BCUT2D eigenvalue weighted by molar-refractivity contribution is -0.144. The fraction of sp³-hybridized carbons (Fsp3) is 0.0952. The molecule has 0 saturated carbocycles. The lowest BCUT2D eigenvalue weighted by atomic mass is 9.92. The molecule has 0 bridgehead atoms. The molecule has 29 heavy (non-hydrogen) atoms. The van der Waals surface area contributed by atoms with Gasteiger partial charge in [-0.25, -0.2) is 9.97 Å². The molecule has 0 fully saturated rings. The van der Waals surface area contributed by atoms with Crippen molar-refractivity contribution in [3.63, 3.8) is 0 Å². The first-order chi connectivity index (χ1) is 13.9. The molecule has 0 unspecified atom stereocenters.